The van der Waals surface area contributed by atoms with Gasteiger partial charge in [0.25, 0.3) is 11.8 Å². The number of hydrogen-bond acceptors (Lipinski definition) is 7. The van der Waals surface area contributed by atoms with Gasteiger partial charge < -0.3 is 4.90 Å². The molecule has 0 unspecified atom stereocenters. The highest BCUT2D eigenvalue weighted by atomic mass is 35.5. The second-order valence-electron chi connectivity index (χ2n) is 7.72. The molecule has 0 aliphatic carbocycles. The van der Waals surface area contributed by atoms with Gasteiger partial charge in [-0.3, -0.25) is 24.4 Å². The summed E-state index contributed by atoms with van der Waals surface area (Å²) in [5.41, 5.74) is 0.897. The Kier molecular flexibility index (Phi) is 6.50. The molecule has 4 heterocycles. The van der Waals surface area contributed by atoms with Gasteiger partial charge >= 0.3 is 0 Å². The zero-order chi connectivity index (χ0) is 20.5. The largest absolute Gasteiger partial charge is 0.353 e. The molecule has 31 heavy (non-hydrogen) atoms. The van der Waals surface area contributed by atoms with Gasteiger partial charge in [-0.25, -0.2) is 0 Å². The minimum absolute atomic E-state index is 0. The Balaban J connectivity index is 0.00000231. The molecule has 1 aromatic carbocycles. The van der Waals surface area contributed by atoms with Crippen molar-refractivity contribution in [1.29, 1.82) is 0 Å². The Hall–Kier alpha value is -2.55. The first-order valence-electron chi connectivity index (χ1n) is 10.3. The fourth-order valence-electron chi connectivity index (χ4n) is 4.23. The molecule has 0 atom stereocenters. The number of carbonyl (C=O) groups excluding carboxylic acids is 2. The SMILES string of the molecule is Cl.O=C1c2ccncc2C(=O)N1CCCCN1CCN(c2nsc3ccccc23)CC1. The van der Waals surface area contributed by atoms with Crippen LogP contribution in [0.1, 0.15) is 33.6 Å². The van der Waals surface area contributed by atoms with Crippen LogP contribution in [-0.2, 0) is 0 Å². The molecule has 7 nitrogen and oxygen atoms in total. The highest BCUT2D eigenvalue weighted by Crippen LogP contribution is 2.29. The molecular formula is C22H24ClN5O2S. The summed E-state index contributed by atoms with van der Waals surface area (Å²) in [5, 5.41) is 1.24. The first-order chi connectivity index (χ1) is 14.7. The van der Waals surface area contributed by atoms with Crippen molar-refractivity contribution in [2.45, 2.75) is 12.8 Å². The summed E-state index contributed by atoms with van der Waals surface area (Å²) >= 11 is 1.56. The summed E-state index contributed by atoms with van der Waals surface area (Å²) in [6, 6.07) is 10.0. The van der Waals surface area contributed by atoms with Crippen LogP contribution in [0.15, 0.2) is 42.7 Å². The monoisotopic (exact) mass is 457 g/mol. The second-order valence-corrected chi connectivity index (χ2v) is 8.53. The van der Waals surface area contributed by atoms with Crippen LogP contribution in [0.3, 0.4) is 0 Å². The number of amides is 2. The maximum atomic E-state index is 12.4. The molecule has 0 radical (unpaired) electrons. The minimum atomic E-state index is -0.216. The average molecular weight is 458 g/mol. The van der Waals surface area contributed by atoms with Gasteiger partial charge in [-0.15, -0.1) is 12.4 Å². The Labute approximate surface area is 191 Å². The number of fused-ring (bicyclic) bond motifs is 2. The molecular weight excluding hydrogens is 434 g/mol. The fourth-order valence-corrected chi connectivity index (χ4v) is 5.02. The van der Waals surface area contributed by atoms with E-state index in [1.807, 2.05) is 0 Å². The molecule has 2 aliphatic heterocycles. The van der Waals surface area contributed by atoms with Gasteiger partial charge in [-0.2, -0.15) is 4.37 Å². The van der Waals surface area contributed by atoms with E-state index >= 15 is 0 Å². The van der Waals surface area contributed by atoms with Gasteiger partial charge in [0.15, 0.2) is 0 Å². The first-order valence-corrected chi connectivity index (χ1v) is 11.1. The first kappa shape index (κ1) is 21.7. The van der Waals surface area contributed by atoms with E-state index in [1.54, 1.807) is 23.8 Å². The van der Waals surface area contributed by atoms with Crippen LogP contribution >= 0.6 is 23.9 Å². The van der Waals surface area contributed by atoms with Crippen molar-refractivity contribution in [3.05, 3.63) is 53.9 Å². The summed E-state index contributed by atoms with van der Waals surface area (Å²) in [4.78, 5) is 34.9. The van der Waals surface area contributed by atoms with Crippen molar-refractivity contribution in [2.24, 2.45) is 0 Å². The van der Waals surface area contributed by atoms with Crippen LogP contribution in [0, 0.1) is 0 Å². The standard InChI is InChI=1S/C22H23N5O2S.ClH/c28-21-16-7-8-23-15-18(16)22(29)27(21)10-4-3-9-25-11-13-26(14-12-25)20-17-5-1-2-6-19(17)30-24-20;/h1-2,5-8,15H,3-4,9-14H2;1H. The number of anilines is 1. The smallest absolute Gasteiger partial charge is 0.263 e. The molecule has 2 amide bonds. The molecule has 5 rings (SSSR count). The molecule has 2 aliphatic rings. The van der Waals surface area contributed by atoms with E-state index < -0.39 is 0 Å². The van der Waals surface area contributed by atoms with Crippen LogP contribution in [-0.4, -0.2) is 70.2 Å². The number of unbranched alkanes of at least 4 members (excludes halogenated alkanes) is 1. The molecule has 0 spiro atoms. The van der Waals surface area contributed by atoms with E-state index in [4.69, 9.17) is 0 Å². The van der Waals surface area contributed by atoms with E-state index in [-0.39, 0.29) is 24.2 Å². The lowest BCUT2D eigenvalue weighted by Crippen LogP contribution is -2.46. The molecule has 9 heteroatoms. The Morgan fingerprint density at radius 1 is 0.903 bits per heavy atom. The molecule has 0 N–H and O–H groups in total. The highest BCUT2D eigenvalue weighted by molar-refractivity contribution is 7.13. The number of aromatic nitrogens is 2. The number of halogens is 1. The molecule has 0 bridgehead atoms. The lowest BCUT2D eigenvalue weighted by molar-refractivity contribution is 0.0650. The molecule has 0 saturated carbocycles. The number of carbonyl (C=O) groups is 2. The van der Waals surface area contributed by atoms with E-state index in [0.717, 1.165) is 51.4 Å². The Morgan fingerprint density at radius 2 is 1.65 bits per heavy atom. The Morgan fingerprint density at radius 3 is 2.45 bits per heavy atom. The Bertz CT molecular complexity index is 1060. The number of hydrogen-bond donors (Lipinski definition) is 0. The topological polar surface area (TPSA) is 69.6 Å². The van der Waals surface area contributed by atoms with E-state index in [1.165, 1.54) is 21.2 Å². The van der Waals surface area contributed by atoms with Crippen molar-refractivity contribution < 1.29 is 9.59 Å². The van der Waals surface area contributed by atoms with Crippen LogP contribution in [0.2, 0.25) is 0 Å². The van der Waals surface area contributed by atoms with Crippen LogP contribution in [0.5, 0.6) is 0 Å². The zero-order valence-corrected chi connectivity index (χ0v) is 18.7. The average Bonchev–Trinajstić information content (AvgIpc) is 3.32. The van der Waals surface area contributed by atoms with Gasteiger partial charge in [0, 0.05) is 50.5 Å². The molecule has 2 aromatic heterocycles. The van der Waals surface area contributed by atoms with Crippen LogP contribution < -0.4 is 4.90 Å². The van der Waals surface area contributed by atoms with Crippen LogP contribution in [0.4, 0.5) is 5.82 Å². The number of rotatable bonds is 6. The highest BCUT2D eigenvalue weighted by Gasteiger charge is 2.35. The predicted molar refractivity (Wildman–Crippen MR) is 124 cm³/mol. The summed E-state index contributed by atoms with van der Waals surface area (Å²) in [6.07, 6.45) is 4.82. The second kappa shape index (κ2) is 9.30. The summed E-state index contributed by atoms with van der Waals surface area (Å²) < 4.78 is 5.91. The van der Waals surface area contributed by atoms with Crippen molar-refractivity contribution in [3.8, 4) is 0 Å². The maximum Gasteiger partial charge on any atom is 0.263 e. The molecule has 162 valence electrons. The lowest BCUT2D eigenvalue weighted by Gasteiger charge is -2.35. The quantitative estimate of drug-likeness (QED) is 0.418. The number of nitrogens with zero attached hydrogens (tertiary/aromatic N) is 5. The van der Waals surface area contributed by atoms with E-state index in [2.05, 4.69) is 43.4 Å². The number of pyridine rings is 1. The van der Waals surface area contributed by atoms with Gasteiger partial charge in [0.2, 0.25) is 0 Å². The fraction of sp³-hybridized carbons (Fsp3) is 0.364. The third kappa shape index (κ3) is 4.15. The molecule has 1 saturated heterocycles. The molecule has 1 fully saturated rings. The third-order valence-electron chi connectivity index (χ3n) is 5.91. The summed E-state index contributed by atoms with van der Waals surface area (Å²) in [5.74, 6) is 0.698. The minimum Gasteiger partial charge on any atom is -0.353 e. The number of imide groups is 1. The third-order valence-corrected chi connectivity index (χ3v) is 6.73. The zero-order valence-electron chi connectivity index (χ0n) is 17.1. The van der Waals surface area contributed by atoms with Crippen molar-refractivity contribution >= 4 is 51.7 Å². The van der Waals surface area contributed by atoms with Crippen molar-refractivity contribution in [3.63, 3.8) is 0 Å². The number of benzene rings is 1. The summed E-state index contributed by atoms with van der Waals surface area (Å²) in [7, 11) is 0. The molecule has 3 aromatic rings. The normalized spacial score (nSPS) is 16.6. The summed E-state index contributed by atoms with van der Waals surface area (Å²) in [6.45, 7) is 5.40. The van der Waals surface area contributed by atoms with Gasteiger partial charge in [-0.1, -0.05) is 12.1 Å². The predicted octanol–water partition coefficient (Wildman–Crippen LogP) is 3.31. The number of piperazine rings is 1. The van der Waals surface area contributed by atoms with Gasteiger partial charge in [0.05, 0.1) is 15.8 Å². The van der Waals surface area contributed by atoms with E-state index in [9.17, 15) is 9.59 Å². The lowest BCUT2D eigenvalue weighted by atomic mass is 10.2. The van der Waals surface area contributed by atoms with Crippen molar-refractivity contribution in [2.75, 3.05) is 44.2 Å². The van der Waals surface area contributed by atoms with Gasteiger partial charge in [-0.05, 0) is 49.1 Å². The van der Waals surface area contributed by atoms with Gasteiger partial charge in [0.1, 0.15) is 5.82 Å². The maximum absolute atomic E-state index is 12.4. The van der Waals surface area contributed by atoms with E-state index in [0.29, 0.717) is 17.7 Å². The van der Waals surface area contributed by atoms with Crippen molar-refractivity contribution in [1.82, 2.24) is 19.2 Å². The van der Waals surface area contributed by atoms with Crippen LogP contribution in [0.25, 0.3) is 10.1 Å².